The third-order valence-corrected chi connectivity index (χ3v) is 3.88. The van der Waals surface area contributed by atoms with Crippen molar-refractivity contribution in [3.63, 3.8) is 0 Å². The van der Waals surface area contributed by atoms with Crippen LogP contribution < -0.4 is 5.32 Å². The van der Waals surface area contributed by atoms with Crippen LogP contribution in [0.25, 0.3) is 0 Å². The summed E-state index contributed by atoms with van der Waals surface area (Å²) in [5.74, 6) is -0.233. The Morgan fingerprint density at radius 2 is 1.67 bits per heavy atom. The molecular formula is C17H24N2O2. The minimum absolute atomic E-state index is 0.0359. The first kappa shape index (κ1) is 15.5. The second-order valence-corrected chi connectivity index (χ2v) is 5.73. The van der Waals surface area contributed by atoms with E-state index >= 15 is 0 Å². The quantitative estimate of drug-likeness (QED) is 0.865. The van der Waals surface area contributed by atoms with Crippen molar-refractivity contribution in [2.75, 3.05) is 13.1 Å². The lowest BCUT2D eigenvalue weighted by Gasteiger charge is -2.19. The summed E-state index contributed by atoms with van der Waals surface area (Å²) in [5, 5.41) is 2.82. The topological polar surface area (TPSA) is 49.4 Å². The zero-order chi connectivity index (χ0) is 15.1. The molecule has 4 heteroatoms. The number of likely N-dealkylation sites (tertiary alicyclic amines) is 1. The van der Waals surface area contributed by atoms with Crippen molar-refractivity contribution in [3.05, 3.63) is 35.4 Å². The summed E-state index contributed by atoms with van der Waals surface area (Å²) in [7, 11) is 0. The van der Waals surface area contributed by atoms with Gasteiger partial charge < -0.3 is 10.2 Å². The molecule has 2 rings (SSSR count). The van der Waals surface area contributed by atoms with Gasteiger partial charge in [0, 0.05) is 19.6 Å². The first-order valence-electron chi connectivity index (χ1n) is 7.75. The second-order valence-electron chi connectivity index (χ2n) is 5.73. The second kappa shape index (κ2) is 7.81. The lowest BCUT2D eigenvalue weighted by molar-refractivity contribution is -0.136. The molecule has 0 atom stereocenters. The number of nitrogens with zero attached hydrogens (tertiary/aromatic N) is 1. The van der Waals surface area contributed by atoms with Crippen molar-refractivity contribution >= 4 is 11.8 Å². The van der Waals surface area contributed by atoms with E-state index in [1.807, 2.05) is 36.1 Å². The predicted octanol–water partition coefficient (Wildman–Crippen LogP) is 2.40. The lowest BCUT2D eigenvalue weighted by Crippen LogP contribution is -2.36. The largest absolute Gasteiger partial charge is 0.352 e. The number of rotatable bonds is 4. The van der Waals surface area contributed by atoms with Crippen LogP contribution in [0.3, 0.4) is 0 Å². The van der Waals surface area contributed by atoms with E-state index in [1.54, 1.807) is 0 Å². The average molecular weight is 288 g/mol. The molecule has 114 valence electrons. The minimum Gasteiger partial charge on any atom is -0.352 e. The van der Waals surface area contributed by atoms with Crippen LogP contribution in [0, 0.1) is 6.92 Å². The van der Waals surface area contributed by atoms with Crippen LogP contribution in [0.2, 0.25) is 0 Å². The Hall–Kier alpha value is -1.84. The van der Waals surface area contributed by atoms with Crippen LogP contribution in [-0.4, -0.2) is 29.8 Å². The first-order valence-corrected chi connectivity index (χ1v) is 7.75. The molecule has 2 amide bonds. The molecule has 0 radical (unpaired) electrons. The highest BCUT2D eigenvalue weighted by Crippen LogP contribution is 2.10. The molecule has 1 aliphatic rings. The van der Waals surface area contributed by atoms with E-state index in [0.717, 1.165) is 31.5 Å². The van der Waals surface area contributed by atoms with Crippen LogP contribution in [0.15, 0.2) is 24.3 Å². The molecular weight excluding hydrogens is 264 g/mol. The Bertz CT molecular complexity index is 474. The van der Waals surface area contributed by atoms with Crippen molar-refractivity contribution in [2.24, 2.45) is 0 Å². The molecule has 0 saturated carbocycles. The highest BCUT2D eigenvalue weighted by atomic mass is 16.2. The van der Waals surface area contributed by atoms with Crippen molar-refractivity contribution in [3.8, 4) is 0 Å². The maximum atomic E-state index is 12.1. The fourth-order valence-electron chi connectivity index (χ4n) is 2.54. The van der Waals surface area contributed by atoms with Gasteiger partial charge in [0.25, 0.3) is 0 Å². The van der Waals surface area contributed by atoms with E-state index in [4.69, 9.17) is 0 Å². The Labute approximate surface area is 126 Å². The SMILES string of the molecule is Cc1ccc(CNC(=O)CC(=O)N2CCCCCC2)cc1. The fourth-order valence-corrected chi connectivity index (χ4v) is 2.54. The van der Waals surface area contributed by atoms with Crippen LogP contribution in [0.5, 0.6) is 0 Å². The summed E-state index contributed by atoms with van der Waals surface area (Å²) in [5.41, 5.74) is 2.25. The molecule has 1 fully saturated rings. The van der Waals surface area contributed by atoms with Crippen LogP contribution in [-0.2, 0) is 16.1 Å². The zero-order valence-electron chi connectivity index (χ0n) is 12.7. The molecule has 0 aromatic heterocycles. The maximum absolute atomic E-state index is 12.1. The van der Waals surface area contributed by atoms with Gasteiger partial charge in [0.1, 0.15) is 6.42 Å². The third-order valence-electron chi connectivity index (χ3n) is 3.88. The summed E-state index contributed by atoms with van der Waals surface area (Å²) in [6.07, 6.45) is 4.44. The maximum Gasteiger partial charge on any atom is 0.232 e. The average Bonchev–Trinajstić information content (AvgIpc) is 2.76. The Balaban J connectivity index is 1.75. The number of benzene rings is 1. The van der Waals surface area contributed by atoms with Gasteiger partial charge in [0.05, 0.1) is 0 Å². The molecule has 1 aromatic rings. The summed E-state index contributed by atoms with van der Waals surface area (Å²) in [6.45, 7) is 4.10. The summed E-state index contributed by atoms with van der Waals surface area (Å²) in [6, 6.07) is 8.02. The lowest BCUT2D eigenvalue weighted by atomic mass is 10.1. The van der Waals surface area contributed by atoms with Gasteiger partial charge in [-0.3, -0.25) is 9.59 Å². The highest BCUT2D eigenvalue weighted by Gasteiger charge is 2.18. The molecule has 1 saturated heterocycles. The number of hydrogen-bond donors (Lipinski definition) is 1. The number of amides is 2. The Morgan fingerprint density at radius 3 is 2.29 bits per heavy atom. The van der Waals surface area contributed by atoms with Gasteiger partial charge in [0.15, 0.2) is 0 Å². The molecule has 0 aliphatic carbocycles. The molecule has 4 nitrogen and oxygen atoms in total. The van der Waals surface area contributed by atoms with Crippen molar-refractivity contribution < 1.29 is 9.59 Å². The van der Waals surface area contributed by atoms with Crippen molar-refractivity contribution in [1.82, 2.24) is 10.2 Å². The number of nitrogens with one attached hydrogen (secondary N) is 1. The molecule has 21 heavy (non-hydrogen) atoms. The van der Waals surface area contributed by atoms with E-state index in [-0.39, 0.29) is 18.2 Å². The predicted molar refractivity (Wildman–Crippen MR) is 82.7 cm³/mol. The fraction of sp³-hybridized carbons (Fsp3) is 0.529. The molecule has 1 heterocycles. The summed E-state index contributed by atoms with van der Waals surface area (Å²) in [4.78, 5) is 25.8. The molecule has 0 spiro atoms. The molecule has 1 aliphatic heterocycles. The van der Waals surface area contributed by atoms with Gasteiger partial charge in [-0.2, -0.15) is 0 Å². The van der Waals surface area contributed by atoms with E-state index in [0.29, 0.717) is 6.54 Å². The van der Waals surface area contributed by atoms with Crippen molar-refractivity contribution in [1.29, 1.82) is 0 Å². The van der Waals surface area contributed by atoms with Crippen molar-refractivity contribution in [2.45, 2.75) is 45.6 Å². The molecule has 0 unspecified atom stereocenters. The molecule has 1 aromatic carbocycles. The van der Waals surface area contributed by atoms with Crippen LogP contribution in [0.1, 0.15) is 43.2 Å². The minimum atomic E-state index is -0.190. The van der Waals surface area contributed by atoms with Crippen LogP contribution in [0.4, 0.5) is 0 Å². The van der Waals surface area contributed by atoms with E-state index in [9.17, 15) is 9.59 Å². The summed E-state index contributed by atoms with van der Waals surface area (Å²) >= 11 is 0. The smallest absolute Gasteiger partial charge is 0.232 e. The summed E-state index contributed by atoms with van der Waals surface area (Å²) < 4.78 is 0. The normalized spacial score (nSPS) is 15.4. The monoisotopic (exact) mass is 288 g/mol. The van der Waals surface area contributed by atoms with Gasteiger partial charge in [-0.1, -0.05) is 42.7 Å². The standard InChI is InChI=1S/C17H24N2O2/c1-14-6-8-15(9-7-14)13-18-16(20)12-17(21)19-10-4-2-3-5-11-19/h6-9H,2-5,10-13H2,1H3,(H,18,20). The van der Waals surface area contributed by atoms with Gasteiger partial charge in [-0.25, -0.2) is 0 Å². The number of hydrogen-bond acceptors (Lipinski definition) is 2. The van der Waals surface area contributed by atoms with Crippen LogP contribution >= 0.6 is 0 Å². The van der Waals surface area contributed by atoms with E-state index < -0.39 is 0 Å². The van der Waals surface area contributed by atoms with Gasteiger partial charge in [-0.15, -0.1) is 0 Å². The number of aryl methyl sites for hydroxylation is 1. The Morgan fingerprint density at radius 1 is 1.05 bits per heavy atom. The van der Waals surface area contributed by atoms with Gasteiger partial charge in [-0.05, 0) is 25.3 Å². The van der Waals surface area contributed by atoms with E-state index in [1.165, 1.54) is 18.4 Å². The highest BCUT2D eigenvalue weighted by molar-refractivity contribution is 5.96. The first-order chi connectivity index (χ1) is 10.1. The molecule has 1 N–H and O–H groups in total. The van der Waals surface area contributed by atoms with Gasteiger partial charge in [0.2, 0.25) is 11.8 Å². The number of carbonyl (C=O) groups is 2. The van der Waals surface area contributed by atoms with E-state index in [2.05, 4.69) is 5.32 Å². The third kappa shape index (κ3) is 5.21. The zero-order valence-corrected chi connectivity index (χ0v) is 12.7. The Kier molecular flexibility index (Phi) is 5.78. The van der Waals surface area contributed by atoms with Gasteiger partial charge >= 0.3 is 0 Å². The molecule has 0 bridgehead atoms. The number of carbonyl (C=O) groups excluding carboxylic acids is 2.